The highest BCUT2D eigenvalue weighted by molar-refractivity contribution is 6.36. The van der Waals surface area contributed by atoms with Crippen molar-refractivity contribution >= 4 is 46.4 Å². The van der Waals surface area contributed by atoms with Gasteiger partial charge >= 0.3 is 0 Å². The molecule has 0 spiro atoms. The van der Waals surface area contributed by atoms with Crippen LogP contribution in [0.25, 0.3) is 0 Å². The Bertz CT molecular complexity index is 640. The Hall–Kier alpha value is -0.600. The maximum Gasteiger partial charge on any atom is 0.138 e. The second-order valence-electron chi connectivity index (χ2n) is 4.38. The summed E-state index contributed by atoms with van der Waals surface area (Å²) >= 11 is 24.9. The summed E-state index contributed by atoms with van der Waals surface area (Å²) in [6, 6.07) is 9.03. The fraction of sp³-hybridized carbons (Fsp3) is 0.200. The molecule has 1 unspecified atom stereocenters. The number of alkyl halides is 1. The summed E-state index contributed by atoms with van der Waals surface area (Å²) in [5.41, 5.74) is 2.61. The van der Waals surface area contributed by atoms with Crippen LogP contribution in [0.1, 0.15) is 22.1 Å². The Morgan fingerprint density at radius 3 is 2.25 bits per heavy atom. The molecular formula is C15H12Cl4O. The molecule has 0 saturated heterocycles. The van der Waals surface area contributed by atoms with Crippen molar-refractivity contribution in [2.75, 3.05) is 7.11 Å². The van der Waals surface area contributed by atoms with Crippen molar-refractivity contribution < 1.29 is 4.74 Å². The Kier molecular flexibility index (Phi) is 5.09. The van der Waals surface area contributed by atoms with Crippen molar-refractivity contribution in [3.63, 3.8) is 0 Å². The smallest absolute Gasteiger partial charge is 0.138 e. The average Bonchev–Trinajstić information content (AvgIpc) is 2.43. The molecule has 0 aliphatic carbocycles. The van der Waals surface area contributed by atoms with E-state index in [1.165, 1.54) is 7.11 Å². The van der Waals surface area contributed by atoms with E-state index in [1.54, 1.807) is 12.1 Å². The summed E-state index contributed by atoms with van der Waals surface area (Å²) in [5, 5.41) is 1.29. The van der Waals surface area contributed by atoms with Crippen molar-refractivity contribution in [1.29, 1.82) is 0 Å². The largest absolute Gasteiger partial charge is 0.495 e. The summed E-state index contributed by atoms with van der Waals surface area (Å²) in [5.74, 6) is 0.525. The van der Waals surface area contributed by atoms with Crippen molar-refractivity contribution in [2.45, 2.75) is 12.3 Å². The van der Waals surface area contributed by atoms with E-state index in [2.05, 4.69) is 0 Å². The summed E-state index contributed by atoms with van der Waals surface area (Å²) in [4.78, 5) is 0. The van der Waals surface area contributed by atoms with E-state index in [4.69, 9.17) is 51.1 Å². The Balaban J connectivity index is 2.45. The molecule has 2 aromatic rings. The zero-order chi connectivity index (χ0) is 14.9. The van der Waals surface area contributed by atoms with E-state index >= 15 is 0 Å². The van der Waals surface area contributed by atoms with Crippen LogP contribution in [0.15, 0.2) is 30.3 Å². The normalized spacial score (nSPS) is 12.3. The number of halogens is 4. The van der Waals surface area contributed by atoms with Gasteiger partial charge in [-0.3, -0.25) is 0 Å². The number of hydrogen-bond acceptors (Lipinski definition) is 1. The maximum absolute atomic E-state index is 6.50. The second kappa shape index (κ2) is 6.44. The van der Waals surface area contributed by atoms with Crippen LogP contribution in [-0.2, 0) is 0 Å². The number of benzene rings is 2. The maximum atomic E-state index is 6.50. The minimum absolute atomic E-state index is 0.401. The first-order valence-electron chi connectivity index (χ1n) is 5.87. The molecule has 0 saturated carbocycles. The van der Waals surface area contributed by atoms with Gasteiger partial charge < -0.3 is 4.74 Å². The van der Waals surface area contributed by atoms with E-state index in [0.717, 1.165) is 16.7 Å². The lowest BCUT2D eigenvalue weighted by Gasteiger charge is -2.15. The van der Waals surface area contributed by atoms with Crippen LogP contribution in [-0.4, -0.2) is 7.11 Å². The highest BCUT2D eigenvalue weighted by Gasteiger charge is 2.17. The molecule has 0 aliphatic rings. The van der Waals surface area contributed by atoms with Crippen LogP contribution in [0.4, 0.5) is 0 Å². The van der Waals surface area contributed by atoms with Gasteiger partial charge in [-0.25, -0.2) is 0 Å². The standard InChI is InChI=1S/C15H12Cl4O/c1-8-5-9(3-4-11(8)16)15(19)10-6-13(18)14(20-2)7-12(10)17/h3-7,15H,1-2H3. The minimum atomic E-state index is -0.401. The number of aryl methyl sites for hydroxylation is 1. The molecule has 0 N–H and O–H groups in total. The van der Waals surface area contributed by atoms with E-state index < -0.39 is 5.38 Å². The molecule has 2 aromatic carbocycles. The van der Waals surface area contributed by atoms with Gasteiger partial charge in [0.25, 0.3) is 0 Å². The highest BCUT2D eigenvalue weighted by Crippen LogP contribution is 2.39. The first-order valence-corrected chi connectivity index (χ1v) is 7.44. The van der Waals surface area contributed by atoms with Crippen molar-refractivity contribution in [1.82, 2.24) is 0 Å². The van der Waals surface area contributed by atoms with Crippen LogP contribution >= 0.6 is 46.4 Å². The number of methoxy groups -OCH3 is 1. The van der Waals surface area contributed by atoms with Crippen LogP contribution in [0.5, 0.6) is 5.75 Å². The number of hydrogen-bond donors (Lipinski definition) is 0. The molecule has 20 heavy (non-hydrogen) atoms. The molecule has 0 radical (unpaired) electrons. The lowest BCUT2D eigenvalue weighted by Crippen LogP contribution is -1.97. The summed E-state index contributed by atoms with van der Waals surface area (Å²) in [6.45, 7) is 1.93. The van der Waals surface area contributed by atoms with Gasteiger partial charge in [-0.1, -0.05) is 46.9 Å². The highest BCUT2D eigenvalue weighted by atomic mass is 35.5. The van der Waals surface area contributed by atoms with Crippen LogP contribution in [0, 0.1) is 6.92 Å². The number of ether oxygens (including phenoxy) is 1. The van der Waals surface area contributed by atoms with Gasteiger partial charge in [0.05, 0.1) is 17.5 Å². The molecule has 1 atom stereocenters. The van der Waals surface area contributed by atoms with Crippen molar-refractivity contribution in [3.8, 4) is 5.75 Å². The SMILES string of the molecule is COc1cc(Cl)c(C(Cl)c2ccc(Cl)c(C)c2)cc1Cl. The van der Waals surface area contributed by atoms with E-state index in [1.807, 2.05) is 25.1 Å². The topological polar surface area (TPSA) is 9.23 Å². The van der Waals surface area contributed by atoms with E-state index in [0.29, 0.717) is 20.8 Å². The summed E-state index contributed by atoms with van der Waals surface area (Å²) in [6.07, 6.45) is 0. The van der Waals surface area contributed by atoms with Gasteiger partial charge in [-0.2, -0.15) is 0 Å². The molecule has 0 aromatic heterocycles. The monoisotopic (exact) mass is 348 g/mol. The molecule has 0 heterocycles. The average molecular weight is 350 g/mol. The van der Waals surface area contributed by atoms with Gasteiger partial charge in [0.15, 0.2) is 0 Å². The van der Waals surface area contributed by atoms with Gasteiger partial charge in [-0.15, -0.1) is 11.6 Å². The summed E-state index contributed by atoms with van der Waals surface area (Å²) in [7, 11) is 1.54. The van der Waals surface area contributed by atoms with Crippen LogP contribution in [0.2, 0.25) is 15.1 Å². The van der Waals surface area contributed by atoms with Crippen LogP contribution in [0.3, 0.4) is 0 Å². The predicted octanol–water partition coefficient (Wildman–Crippen LogP) is 6.29. The summed E-state index contributed by atoms with van der Waals surface area (Å²) < 4.78 is 5.12. The van der Waals surface area contributed by atoms with Gasteiger partial charge in [0.2, 0.25) is 0 Å². The molecule has 1 nitrogen and oxygen atoms in total. The van der Waals surface area contributed by atoms with Crippen LogP contribution < -0.4 is 4.74 Å². The van der Waals surface area contributed by atoms with Gasteiger partial charge in [0.1, 0.15) is 5.75 Å². The van der Waals surface area contributed by atoms with Crippen molar-refractivity contribution in [2.24, 2.45) is 0 Å². The molecule has 5 heteroatoms. The Labute approximate surface area is 138 Å². The van der Waals surface area contributed by atoms with E-state index in [-0.39, 0.29) is 0 Å². The van der Waals surface area contributed by atoms with E-state index in [9.17, 15) is 0 Å². The third kappa shape index (κ3) is 3.17. The Morgan fingerprint density at radius 2 is 1.65 bits per heavy atom. The molecule has 0 amide bonds. The lowest BCUT2D eigenvalue weighted by atomic mass is 10.0. The molecular weight excluding hydrogens is 338 g/mol. The number of rotatable bonds is 3. The Morgan fingerprint density at radius 1 is 0.950 bits per heavy atom. The third-order valence-corrected chi connectivity index (χ3v) is 4.55. The molecule has 0 fully saturated rings. The fourth-order valence-electron chi connectivity index (χ4n) is 1.90. The molecule has 2 rings (SSSR count). The zero-order valence-electron chi connectivity index (χ0n) is 10.9. The third-order valence-electron chi connectivity index (χ3n) is 3.02. The zero-order valence-corrected chi connectivity index (χ0v) is 13.9. The van der Waals surface area contributed by atoms with Gasteiger partial charge in [0, 0.05) is 16.1 Å². The molecule has 0 bridgehead atoms. The van der Waals surface area contributed by atoms with Gasteiger partial charge in [-0.05, 0) is 35.7 Å². The molecule has 0 aliphatic heterocycles. The molecule has 106 valence electrons. The second-order valence-corrected chi connectivity index (χ2v) is 6.04. The fourth-order valence-corrected chi connectivity index (χ4v) is 2.90. The lowest BCUT2D eigenvalue weighted by molar-refractivity contribution is 0.415. The first-order chi connectivity index (χ1) is 9.43. The predicted molar refractivity (Wildman–Crippen MR) is 86.9 cm³/mol. The van der Waals surface area contributed by atoms with Crippen molar-refractivity contribution in [3.05, 3.63) is 62.1 Å². The quantitative estimate of drug-likeness (QED) is 0.591. The first kappa shape index (κ1) is 15.8. The minimum Gasteiger partial charge on any atom is -0.495 e.